The molecule has 0 radical (unpaired) electrons. The van der Waals surface area contributed by atoms with Gasteiger partial charge in [-0.15, -0.1) is 0 Å². The number of aliphatic hydroxyl groups is 1. The third-order valence-corrected chi connectivity index (χ3v) is 19.4. The zero-order valence-corrected chi connectivity index (χ0v) is 56.3. The highest BCUT2D eigenvalue weighted by Crippen LogP contribution is 2.50. The maximum atomic E-state index is 14.5. The van der Waals surface area contributed by atoms with Gasteiger partial charge in [-0.1, -0.05) is 125 Å². The van der Waals surface area contributed by atoms with Gasteiger partial charge in [0.25, 0.3) is 5.91 Å². The predicted octanol–water partition coefficient (Wildman–Crippen LogP) is 9.62. The van der Waals surface area contributed by atoms with E-state index in [0.717, 1.165) is 40.9 Å². The number of epoxide rings is 1. The van der Waals surface area contributed by atoms with E-state index in [1.54, 1.807) is 33.0 Å². The molecule has 87 heavy (non-hydrogen) atoms. The Balaban J connectivity index is 1.31. The number of amides is 5. The van der Waals surface area contributed by atoms with Crippen molar-refractivity contribution in [3.63, 3.8) is 0 Å². The molecule has 4 bridgehead atoms. The largest absolute Gasteiger partial charge is 0.462 e. The molecule has 3 aliphatic rings. The van der Waals surface area contributed by atoms with Gasteiger partial charge in [0.05, 0.1) is 46.3 Å². The van der Waals surface area contributed by atoms with E-state index >= 15 is 0 Å². The van der Waals surface area contributed by atoms with Crippen molar-refractivity contribution < 1.29 is 67.2 Å². The van der Waals surface area contributed by atoms with Crippen molar-refractivity contribution in [1.82, 2.24) is 15.5 Å². The number of alkyl halides is 2. The highest BCUT2D eigenvalue weighted by molar-refractivity contribution is 9.09. The summed E-state index contributed by atoms with van der Waals surface area (Å²) in [6.45, 7) is 12.5. The number of carbonyl (C=O) groups excluding carboxylic acids is 9. The standard InChI is InChI=1S/C64H87Br2Cl2N5O14/c1-36(2)46(30-44(74)18-13-11-12-14-20-50(75)43(34-65)35-66)59(79)71-48(19-16-24-70-62(69)82)51(76)29-41-22-23-45(47(67)27-41)60(80)72(8)40(6)61(81)86-54-31-55(77)73(9)49-28-42(26-38(4)57(49)68)25-37(3)17-15-21-53(84-10)64(83)32-52(85-56(78)33-64)39(5)58-63(54,7)87-58/h15,17,21-23,26-28,36,39-40,43,46,48,52-54,58,83H,11-14,16,18-20,24-25,29-35H2,1-10H3,(H,71,79)(H3,69,70,82)/b21-15+,37-17+/t39-,40+,46+,48+,52+,53-,54+,58+,63+,64-/m1/s1. The first kappa shape index (κ1) is 72.7. The van der Waals surface area contributed by atoms with Crippen LogP contribution < -0.4 is 21.3 Å². The lowest BCUT2D eigenvalue weighted by molar-refractivity contribution is -0.187. The monoisotopic (exact) mass is 1380 g/mol. The molecular weight excluding hydrogens is 1290 g/mol. The molecule has 5 rings (SSSR count). The Morgan fingerprint density at radius 3 is 2.28 bits per heavy atom. The summed E-state index contributed by atoms with van der Waals surface area (Å²) in [5.74, 6) is -5.04. The Morgan fingerprint density at radius 2 is 1.64 bits per heavy atom. The number of anilines is 1. The number of urea groups is 1. The van der Waals surface area contributed by atoms with Gasteiger partial charge in [0.15, 0.2) is 5.78 Å². The molecule has 2 saturated heterocycles. The molecule has 2 aromatic carbocycles. The number of ether oxygens (including phenoxy) is 4. The molecule has 0 spiro atoms. The fourth-order valence-corrected chi connectivity index (χ4v) is 13.6. The van der Waals surface area contributed by atoms with Crippen LogP contribution in [0, 0.1) is 30.6 Å². The normalized spacial score (nSPS) is 24.4. The number of likely N-dealkylation sites (N-methyl/N-ethyl adjacent to an activating group) is 1. The molecule has 5 N–H and O–H groups in total. The molecular formula is C64H87Br2Cl2N5O14. The van der Waals surface area contributed by atoms with Crippen LogP contribution in [-0.2, 0) is 65.4 Å². The van der Waals surface area contributed by atoms with Crippen LogP contribution in [-0.4, -0.2) is 149 Å². The van der Waals surface area contributed by atoms with Crippen molar-refractivity contribution in [1.29, 1.82) is 0 Å². The van der Waals surface area contributed by atoms with Crippen LogP contribution in [0.5, 0.6) is 0 Å². The van der Waals surface area contributed by atoms with E-state index in [4.69, 9.17) is 47.9 Å². The molecule has 2 aromatic rings. The molecule has 5 amide bonds. The number of esters is 2. The van der Waals surface area contributed by atoms with E-state index in [9.17, 15) is 48.3 Å². The number of fused-ring (bicyclic) bond motifs is 5. The number of halogens is 4. The molecule has 2 fully saturated rings. The van der Waals surface area contributed by atoms with E-state index in [0.29, 0.717) is 46.2 Å². The number of hydrogen-bond acceptors (Lipinski definition) is 14. The lowest BCUT2D eigenvalue weighted by Crippen LogP contribution is -2.53. The summed E-state index contributed by atoms with van der Waals surface area (Å²) in [6, 6.07) is 5.12. The van der Waals surface area contributed by atoms with Gasteiger partial charge in [-0.2, -0.15) is 0 Å². The number of nitrogens with two attached hydrogens (primary N) is 1. The summed E-state index contributed by atoms with van der Waals surface area (Å²) >= 11 is 20.4. The zero-order chi connectivity index (χ0) is 64.7. The molecule has 0 aromatic heterocycles. The zero-order valence-electron chi connectivity index (χ0n) is 51.7. The second-order valence-electron chi connectivity index (χ2n) is 24.2. The summed E-state index contributed by atoms with van der Waals surface area (Å²) in [5.41, 5.74) is 5.67. The summed E-state index contributed by atoms with van der Waals surface area (Å²) in [6.07, 6.45) is 5.22. The quantitative estimate of drug-likeness (QED) is 0.0281. The SMILES string of the molecule is CO[C@@H]1/C=C/C=C(\C)Cc2cc(C)c(Cl)c(c2)N(C)C(=O)C[C@H](OC(=O)[C@H](C)N(C)C(=O)c2ccc(CC(=O)[C@H](CCCNC(N)=O)NC(=O)[C@@H](CC(=O)CCCCCCC(=O)C(CBr)CBr)C(C)C)cc2Cl)[C@]2(C)O[C@H]2[C@H](C)[C@@H]2C[C@@]1(O)CC(=O)O2. The maximum Gasteiger partial charge on any atom is 0.328 e. The highest BCUT2D eigenvalue weighted by atomic mass is 79.9. The first-order valence-corrected chi connectivity index (χ1v) is 32.8. The van der Waals surface area contributed by atoms with E-state index < -0.39 is 107 Å². The third kappa shape index (κ3) is 20.0. The van der Waals surface area contributed by atoms with Crippen molar-refractivity contribution >= 4 is 114 Å². The lowest BCUT2D eigenvalue weighted by Gasteiger charge is -2.41. The topological polar surface area (TPSA) is 271 Å². The summed E-state index contributed by atoms with van der Waals surface area (Å²) in [5, 5.41) is 18.9. The molecule has 0 aliphatic carbocycles. The second kappa shape index (κ2) is 33.2. The summed E-state index contributed by atoms with van der Waals surface area (Å²) < 4.78 is 24.2. The molecule has 3 heterocycles. The lowest BCUT2D eigenvalue weighted by atomic mass is 9.78. The van der Waals surface area contributed by atoms with Crippen LogP contribution in [0.3, 0.4) is 0 Å². The Bertz CT molecular complexity index is 2900. The van der Waals surface area contributed by atoms with Crippen molar-refractivity contribution in [3.05, 3.63) is 86.4 Å². The highest BCUT2D eigenvalue weighted by Gasteiger charge is 2.64. The number of Topliss-reactive ketones (excluding diaryl/α,β-unsaturated/α-hetero) is 3. The molecule has 3 aliphatic heterocycles. The van der Waals surface area contributed by atoms with Crippen molar-refractivity contribution in [2.24, 2.45) is 29.4 Å². The molecule has 480 valence electrons. The summed E-state index contributed by atoms with van der Waals surface area (Å²) in [7, 11) is 4.42. The number of carbonyl (C=O) groups is 9. The average Bonchev–Trinajstić information content (AvgIpc) is 1.59. The number of methoxy groups -OCH3 is 1. The van der Waals surface area contributed by atoms with Crippen LogP contribution in [0.4, 0.5) is 10.5 Å². The van der Waals surface area contributed by atoms with Crippen LogP contribution in [0.2, 0.25) is 10.0 Å². The van der Waals surface area contributed by atoms with Crippen LogP contribution in [0.25, 0.3) is 0 Å². The van der Waals surface area contributed by atoms with Crippen LogP contribution in [0.15, 0.2) is 54.1 Å². The molecule has 23 heteroatoms. The van der Waals surface area contributed by atoms with Gasteiger partial charge in [-0.05, 0) is 101 Å². The molecule has 0 saturated carbocycles. The Morgan fingerprint density at radius 1 is 0.966 bits per heavy atom. The smallest absolute Gasteiger partial charge is 0.328 e. The average molecular weight is 1380 g/mol. The minimum atomic E-state index is -1.65. The van der Waals surface area contributed by atoms with Gasteiger partial charge in [0.2, 0.25) is 11.8 Å². The number of rotatable bonds is 27. The number of allylic oxidation sites excluding steroid dienone is 3. The van der Waals surface area contributed by atoms with Gasteiger partial charge in [-0.25, -0.2) is 9.59 Å². The maximum absolute atomic E-state index is 14.5. The summed E-state index contributed by atoms with van der Waals surface area (Å²) in [4.78, 5) is 124. The van der Waals surface area contributed by atoms with Gasteiger partial charge in [0, 0.05) is 88.3 Å². The van der Waals surface area contributed by atoms with Crippen molar-refractivity contribution in [2.45, 2.75) is 186 Å². The minimum Gasteiger partial charge on any atom is -0.462 e. The number of unbranched alkanes of at least 4 members (excludes halogenated alkanes) is 3. The molecule has 0 unspecified atom stereocenters. The molecule has 19 nitrogen and oxygen atoms in total. The number of nitrogens with one attached hydrogen (secondary N) is 2. The van der Waals surface area contributed by atoms with Gasteiger partial charge < -0.3 is 50.2 Å². The Hall–Kier alpha value is -5.03. The molecule has 10 atom stereocenters. The number of hydrogen-bond donors (Lipinski definition) is 4. The van der Waals surface area contributed by atoms with E-state index in [-0.39, 0.29) is 85.5 Å². The number of benzene rings is 2. The number of aryl methyl sites for hydroxylation is 1. The van der Waals surface area contributed by atoms with E-state index in [2.05, 4.69) is 42.5 Å². The first-order valence-electron chi connectivity index (χ1n) is 29.8. The predicted molar refractivity (Wildman–Crippen MR) is 340 cm³/mol. The number of ketones is 3. The van der Waals surface area contributed by atoms with Crippen molar-refractivity contribution in [3.8, 4) is 0 Å². The fourth-order valence-electron chi connectivity index (χ4n) is 11.3. The van der Waals surface area contributed by atoms with Crippen LogP contribution >= 0.6 is 55.1 Å². The first-order chi connectivity index (χ1) is 41.0. The van der Waals surface area contributed by atoms with Gasteiger partial charge >= 0.3 is 18.0 Å². The Labute approximate surface area is 538 Å². The third-order valence-electron chi connectivity index (χ3n) is 17.1. The van der Waals surface area contributed by atoms with E-state index in [1.165, 1.54) is 44.2 Å². The fraction of sp³-hybridized carbons (Fsp3) is 0.609. The van der Waals surface area contributed by atoms with Gasteiger partial charge in [-0.3, -0.25) is 33.6 Å². The number of nitrogens with zero attached hydrogens (tertiary/aromatic N) is 2. The minimum absolute atomic E-state index is 0.00551. The van der Waals surface area contributed by atoms with Gasteiger partial charge in [0.1, 0.15) is 47.1 Å². The van der Waals surface area contributed by atoms with Crippen LogP contribution in [0.1, 0.15) is 146 Å². The number of primary amides is 1. The Kier molecular flexibility index (Phi) is 27.7. The second-order valence-corrected chi connectivity index (χ2v) is 26.3. The van der Waals surface area contributed by atoms with E-state index in [1.807, 2.05) is 45.9 Å². The van der Waals surface area contributed by atoms with Crippen molar-refractivity contribution in [2.75, 3.05) is 43.3 Å².